The number of allylic oxidation sites excluding steroid dienone is 9. The summed E-state index contributed by atoms with van der Waals surface area (Å²) >= 11 is 0. The van der Waals surface area contributed by atoms with Crippen molar-refractivity contribution in [1.29, 1.82) is 0 Å². The highest BCUT2D eigenvalue weighted by atomic mass is 14.4. The smallest absolute Gasteiger partial charge is 0.0159 e. The Balaban J connectivity index is 0. The maximum absolute atomic E-state index is 4.50. The van der Waals surface area contributed by atoms with Crippen molar-refractivity contribution in [3.63, 3.8) is 0 Å². The molecule has 2 nitrogen and oxygen atoms in total. The van der Waals surface area contributed by atoms with Crippen molar-refractivity contribution < 1.29 is 0 Å². The molecule has 0 heterocycles. The number of hydrogen-bond acceptors (Lipinski definition) is 2. The van der Waals surface area contributed by atoms with Gasteiger partial charge in [-0.15, -0.1) is 6.58 Å². The molecule has 1 aromatic rings. The zero-order valence-electron chi connectivity index (χ0n) is 27.3. The van der Waals surface area contributed by atoms with Crippen LogP contribution >= 0.6 is 0 Å². The Bertz CT molecular complexity index is 869. The molecule has 222 valence electrons. The van der Waals surface area contributed by atoms with Crippen LogP contribution in [0.3, 0.4) is 0 Å². The topological polar surface area (TPSA) is 52.0 Å². The second kappa shape index (κ2) is 26.1. The van der Waals surface area contributed by atoms with Crippen LogP contribution < -0.4 is 11.5 Å². The quantitative estimate of drug-likeness (QED) is 0.183. The molecule has 39 heavy (non-hydrogen) atoms. The first-order chi connectivity index (χ1) is 19.1. The Morgan fingerprint density at radius 3 is 2.21 bits per heavy atom. The average Bonchev–Trinajstić information content (AvgIpc) is 3.01. The van der Waals surface area contributed by atoms with E-state index in [1.807, 2.05) is 13.8 Å². The average molecular weight is 537 g/mol. The van der Waals surface area contributed by atoms with Gasteiger partial charge in [-0.2, -0.15) is 0 Å². The minimum absolute atomic E-state index is 0.605. The summed E-state index contributed by atoms with van der Waals surface area (Å²) in [6.07, 6.45) is 25.5. The fourth-order valence-electron chi connectivity index (χ4n) is 5.10. The minimum Gasteiger partial charge on any atom is -0.333 e. The third-order valence-corrected chi connectivity index (χ3v) is 7.18. The zero-order chi connectivity index (χ0) is 30.1. The summed E-state index contributed by atoms with van der Waals surface area (Å²) < 4.78 is 0. The normalized spacial score (nSPS) is 14.4. The van der Waals surface area contributed by atoms with Crippen LogP contribution in [0, 0.1) is 0 Å². The number of nitrogens with two attached hydrogens (primary N) is 2. The second-order valence-electron chi connectivity index (χ2n) is 9.68. The van der Waals surface area contributed by atoms with Crippen LogP contribution in [0.1, 0.15) is 141 Å². The molecule has 1 aromatic carbocycles. The zero-order valence-corrected chi connectivity index (χ0v) is 27.3. The van der Waals surface area contributed by atoms with Crippen LogP contribution in [0.5, 0.6) is 0 Å². The largest absolute Gasteiger partial charge is 0.333 e. The predicted octanol–water partition coefficient (Wildman–Crippen LogP) is 11.0. The molecule has 0 saturated carbocycles. The van der Waals surface area contributed by atoms with Crippen LogP contribution in [0.15, 0.2) is 72.4 Å². The Morgan fingerprint density at radius 2 is 1.69 bits per heavy atom. The monoisotopic (exact) mass is 537 g/mol. The molecule has 2 atom stereocenters. The highest BCUT2D eigenvalue weighted by Crippen LogP contribution is 2.37. The third kappa shape index (κ3) is 14.2. The van der Waals surface area contributed by atoms with Crippen molar-refractivity contribution in [3.05, 3.63) is 89.1 Å². The molecule has 0 fully saturated rings. The van der Waals surface area contributed by atoms with Gasteiger partial charge in [0.2, 0.25) is 0 Å². The van der Waals surface area contributed by atoms with Gasteiger partial charge >= 0.3 is 0 Å². The Morgan fingerprint density at radius 1 is 1.00 bits per heavy atom. The minimum atomic E-state index is 0.605. The molecule has 0 amide bonds. The Labute approximate surface area is 244 Å². The highest BCUT2D eigenvalue weighted by Gasteiger charge is 2.19. The van der Waals surface area contributed by atoms with E-state index in [0.29, 0.717) is 11.8 Å². The molecule has 0 bridgehead atoms. The van der Waals surface area contributed by atoms with E-state index in [1.165, 1.54) is 74.9 Å². The molecule has 4 N–H and O–H groups in total. The first-order valence-electron chi connectivity index (χ1n) is 15.7. The predicted molar refractivity (Wildman–Crippen MR) is 182 cm³/mol. The Hall–Kier alpha value is -2.16. The summed E-state index contributed by atoms with van der Waals surface area (Å²) in [6.45, 7) is 19.5. The first kappa shape index (κ1) is 39.0. The molecule has 0 saturated heterocycles. The van der Waals surface area contributed by atoms with Gasteiger partial charge in [-0.1, -0.05) is 115 Å². The lowest BCUT2D eigenvalue weighted by Crippen LogP contribution is -2.06. The fraction of sp³-hybridized carbons (Fsp3) is 0.568. The van der Waals surface area contributed by atoms with Crippen molar-refractivity contribution in [2.75, 3.05) is 14.1 Å². The summed E-state index contributed by atoms with van der Waals surface area (Å²) in [5.74, 6) is 1.23. The van der Waals surface area contributed by atoms with Crippen molar-refractivity contribution >= 4 is 5.57 Å². The third-order valence-electron chi connectivity index (χ3n) is 7.18. The lowest BCUT2D eigenvalue weighted by molar-refractivity contribution is 0.578. The standard InChI is InChI=1S/C33H48.C2H6.2CH5N/c1-7-12-18-26(6)33-25-31(22-23-32(33)27(10-4)19-13-8-2)30(17-9-3)24-28(11-5)29-20-15-14-16-21-29;3*1-2/h8,11,14-15,20,22-27H,2,7,9-10,12-13,16-19,21H2,1,3-6H3;1-2H3;2*2H2,1H3/b28-11+,30-24+;;;. The highest BCUT2D eigenvalue weighted by molar-refractivity contribution is 5.71. The molecule has 0 aliphatic heterocycles. The van der Waals surface area contributed by atoms with Crippen LogP contribution in [0.2, 0.25) is 0 Å². The van der Waals surface area contributed by atoms with Gasteiger partial charge < -0.3 is 11.5 Å². The van der Waals surface area contributed by atoms with Crippen molar-refractivity contribution in [2.24, 2.45) is 11.5 Å². The van der Waals surface area contributed by atoms with Gasteiger partial charge in [0.05, 0.1) is 0 Å². The summed E-state index contributed by atoms with van der Waals surface area (Å²) in [7, 11) is 3.00. The van der Waals surface area contributed by atoms with Gasteiger partial charge in [-0.25, -0.2) is 0 Å². The maximum atomic E-state index is 4.50. The second-order valence-corrected chi connectivity index (χ2v) is 9.68. The molecule has 0 radical (unpaired) electrons. The van der Waals surface area contributed by atoms with E-state index in [1.54, 1.807) is 11.1 Å². The number of hydrogen-bond donors (Lipinski definition) is 2. The molecule has 1 aliphatic rings. The SMILES string of the molecule is C=CCCC(CC)c1ccc(/C(=C/C(=C\C)C2=CC=CCC2)CCC)cc1C(C)CCCC.CC.CN.CN. The Kier molecular flexibility index (Phi) is 26.1. The molecule has 0 spiro atoms. The van der Waals surface area contributed by atoms with E-state index in [0.717, 1.165) is 25.7 Å². The van der Waals surface area contributed by atoms with E-state index in [2.05, 4.69) is 107 Å². The van der Waals surface area contributed by atoms with Crippen molar-refractivity contribution in [2.45, 2.75) is 125 Å². The van der Waals surface area contributed by atoms with Crippen LogP contribution in [0.25, 0.3) is 5.57 Å². The summed E-state index contributed by atoms with van der Waals surface area (Å²) in [6, 6.07) is 7.42. The van der Waals surface area contributed by atoms with Gasteiger partial charge in [-0.3, -0.25) is 0 Å². The van der Waals surface area contributed by atoms with Gasteiger partial charge in [-0.05, 0) is 111 Å². The molecule has 1 aliphatic carbocycles. The van der Waals surface area contributed by atoms with E-state index in [9.17, 15) is 0 Å². The molecule has 0 aromatic heterocycles. The van der Waals surface area contributed by atoms with Crippen LogP contribution in [-0.4, -0.2) is 14.1 Å². The van der Waals surface area contributed by atoms with Crippen molar-refractivity contribution in [1.82, 2.24) is 0 Å². The maximum Gasteiger partial charge on any atom is -0.0159 e. The van der Waals surface area contributed by atoms with Gasteiger partial charge in [0, 0.05) is 0 Å². The lowest BCUT2D eigenvalue weighted by atomic mass is 9.81. The lowest BCUT2D eigenvalue weighted by Gasteiger charge is -2.24. The fourth-order valence-corrected chi connectivity index (χ4v) is 5.10. The first-order valence-corrected chi connectivity index (χ1v) is 15.7. The molecule has 2 unspecified atom stereocenters. The summed E-state index contributed by atoms with van der Waals surface area (Å²) in [4.78, 5) is 0. The summed E-state index contributed by atoms with van der Waals surface area (Å²) in [5, 5.41) is 0. The number of benzene rings is 1. The number of unbranched alkanes of at least 4 members (excludes halogenated alkanes) is 1. The van der Waals surface area contributed by atoms with Gasteiger partial charge in [0.25, 0.3) is 0 Å². The van der Waals surface area contributed by atoms with E-state index < -0.39 is 0 Å². The van der Waals surface area contributed by atoms with E-state index in [-0.39, 0.29) is 0 Å². The molecule has 2 rings (SSSR count). The van der Waals surface area contributed by atoms with Gasteiger partial charge in [0.1, 0.15) is 0 Å². The molecular formula is C37H64N2. The number of rotatable bonds is 14. The molecule has 2 heteroatoms. The van der Waals surface area contributed by atoms with Crippen LogP contribution in [0.4, 0.5) is 0 Å². The van der Waals surface area contributed by atoms with Crippen LogP contribution in [-0.2, 0) is 0 Å². The van der Waals surface area contributed by atoms with E-state index in [4.69, 9.17) is 0 Å². The van der Waals surface area contributed by atoms with Crippen molar-refractivity contribution in [3.8, 4) is 0 Å². The van der Waals surface area contributed by atoms with E-state index >= 15 is 0 Å². The van der Waals surface area contributed by atoms with Gasteiger partial charge in [0.15, 0.2) is 0 Å². The summed E-state index contributed by atoms with van der Waals surface area (Å²) in [5.41, 5.74) is 17.9. The molecular weight excluding hydrogens is 472 g/mol.